The number of urea groups is 1. The molecule has 2 amide bonds. The molecule has 2 N–H and O–H groups in total. The molecule has 0 unspecified atom stereocenters. The average Bonchev–Trinajstić information content (AvgIpc) is 3.29. The topological polar surface area (TPSA) is 48.1 Å². The standard InChI is InChI=1S/C34H43N3O/c1-23(2)28-12-10-13-29(24(3)4)32(28)36-33(38)37(22-25-15-17-27(18-16-25)34(5,6)7)20-19-26-21-35-31-14-9-8-11-30(26)31/h8-18,21,23-24,35H,19-20,22H2,1-7H3,(H,36,38). The number of carbonyl (C=O) groups excluding carboxylic acids is 1. The highest BCUT2D eigenvalue weighted by Crippen LogP contribution is 2.33. The maximum Gasteiger partial charge on any atom is 0.322 e. The highest BCUT2D eigenvalue weighted by atomic mass is 16.2. The predicted octanol–water partition coefficient (Wildman–Crippen LogP) is 8.99. The molecule has 0 fully saturated rings. The Balaban J connectivity index is 1.62. The van der Waals surface area contributed by atoms with Crippen LogP contribution in [-0.4, -0.2) is 22.5 Å². The maximum atomic E-state index is 13.9. The second kappa shape index (κ2) is 11.5. The maximum absolute atomic E-state index is 13.9. The molecule has 0 atom stereocenters. The van der Waals surface area contributed by atoms with Crippen molar-refractivity contribution in [2.24, 2.45) is 0 Å². The normalized spacial score (nSPS) is 11.9. The highest BCUT2D eigenvalue weighted by Gasteiger charge is 2.21. The van der Waals surface area contributed by atoms with E-state index in [2.05, 4.69) is 126 Å². The average molecular weight is 510 g/mol. The number of aromatic nitrogens is 1. The number of nitrogens with one attached hydrogen (secondary N) is 2. The number of para-hydroxylation sites is 2. The number of aromatic amines is 1. The number of carbonyl (C=O) groups is 1. The Morgan fingerprint density at radius 2 is 1.50 bits per heavy atom. The predicted molar refractivity (Wildman–Crippen MR) is 161 cm³/mol. The Labute approximate surface area is 228 Å². The fourth-order valence-corrected chi connectivity index (χ4v) is 5.06. The summed E-state index contributed by atoms with van der Waals surface area (Å²) in [6.45, 7) is 16.6. The summed E-state index contributed by atoms with van der Waals surface area (Å²) in [4.78, 5) is 19.2. The Kier molecular flexibility index (Phi) is 8.30. The van der Waals surface area contributed by atoms with Crippen LogP contribution in [0.5, 0.6) is 0 Å². The zero-order valence-corrected chi connectivity index (χ0v) is 24.1. The van der Waals surface area contributed by atoms with Crippen LogP contribution in [0.4, 0.5) is 10.5 Å². The van der Waals surface area contributed by atoms with Crippen LogP contribution in [0.2, 0.25) is 0 Å². The molecule has 4 heteroatoms. The molecule has 0 radical (unpaired) electrons. The van der Waals surface area contributed by atoms with Gasteiger partial charge < -0.3 is 15.2 Å². The molecule has 4 rings (SSSR count). The van der Waals surface area contributed by atoms with E-state index < -0.39 is 0 Å². The lowest BCUT2D eigenvalue weighted by atomic mass is 9.87. The third-order valence-corrected chi connectivity index (χ3v) is 7.41. The van der Waals surface area contributed by atoms with E-state index in [0.29, 0.717) is 24.9 Å². The van der Waals surface area contributed by atoms with Crippen LogP contribution < -0.4 is 5.32 Å². The third-order valence-electron chi connectivity index (χ3n) is 7.41. The van der Waals surface area contributed by atoms with E-state index in [4.69, 9.17) is 0 Å². The molecular weight excluding hydrogens is 466 g/mol. The van der Waals surface area contributed by atoms with Crippen molar-refractivity contribution in [3.8, 4) is 0 Å². The summed E-state index contributed by atoms with van der Waals surface area (Å²) in [5.74, 6) is 0.627. The van der Waals surface area contributed by atoms with E-state index in [-0.39, 0.29) is 11.4 Å². The van der Waals surface area contributed by atoms with Gasteiger partial charge in [-0.2, -0.15) is 0 Å². The van der Waals surface area contributed by atoms with Gasteiger partial charge in [0, 0.05) is 35.9 Å². The van der Waals surface area contributed by atoms with Crippen LogP contribution in [0.3, 0.4) is 0 Å². The van der Waals surface area contributed by atoms with Gasteiger partial charge >= 0.3 is 6.03 Å². The number of benzene rings is 3. The van der Waals surface area contributed by atoms with E-state index in [1.54, 1.807) is 0 Å². The van der Waals surface area contributed by atoms with Crippen molar-refractivity contribution >= 4 is 22.6 Å². The summed E-state index contributed by atoms with van der Waals surface area (Å²) in [5.41, 5.74) is 8.19. The molecule has 200 valence electrons. The smallest absolute Gasteiger partial charge is 0.322 e. The molecule has 0 saturated carbocycles. The minimum absolute atomic E-state index is 0.0558. The molecule has 0 aliphatic carbocycles. The van der Waals surface area contributed by atoms with Crippen molar-refractivity contribution in [2.45, 2.75) is 78.7 Å². The van der Waals surface area contributed by atoms with Crippen molar-refractivity contribution in [3.05, 3.63) is 101 Å². The van der Waals surface area contributed by atoms with Crippen LogP contribution in [0.25, 0.3) is 10.9 Å². The zero-order valence-electron chi connectivity index (χ0n) is 24.1. The minimum atomic E-state index is -0.0558. The lowest BCUT2D eigenvalue weighted by Crippen LogP contribution is -2.36. The Morgan fingerprint density at radius 1 is 0.868 bits per heavy atom. The summed E-state index contributed by atoms with van der Waals surface area (Å²) in [7, 11) is 0. The first-order chi connectivity index (χ1) is 18.0. The van der Waals surface area contributed by atoms with E-state index in [1.807, 2.05) is 11.0 Å². The summed E-state index contributed by atoms with van der Waals surface area (Å²) in [6, 6.07) is 23.4. The van der Waals surface area contributed by atoms with Gasteiger partial charge in [0.25, 0.3) is 0 Å². The van der Waals surface area contributed by atoms with E-state index in [1.165, 1.54) is 27.6 Å². The highest BCUT2D eigenvalue weighted by molar-refractivity contribution is 5.91. The molecule has 0 aliphatic heterocycles. The first-order valence-electron chi connectivity index (χ1n) is 13.9. The number of hydrogen-bond acceptors (Lipinski definition) is 1. The van der Waals surface area contributed by atoms with Crippen molar-refractivity contribution in [3.63, 3.8) is 0 Å². The number of hydrogen-bond donors (Lipinski definition) is 2. The number of rotatable bonds is 8. The van der Waals surface area contributed by atoms with Gasteiger partial charge in [-0.25, -0.2) is 4.79 Å². The molecule has 3 aromatic carbocycles. The Hall–Kier alpha value is -3.53. The second-order valence-corrected chi connectivity index (χ2v) is 12.0. The Bertz CT molecular complexity index is 1350. The van der Waals surface area contributed by atoms with Gasteiger partial charge in [-0.3, -0.25) is 0 Å². The fraction of sp³-hybridized carbons (Fsp3) is 0.382. The van der Waals surface area contributed by atoms with Crippen LogP contribution in [0.1, 0.15) is 88.1 Å². The van der Waals surface area contributed by atoms with Crippen molar-refractivity contribution in [1.29, 1.82) is 0 Å². The summed E-state index contributed by atoms with van der Waals surface area (Å²) in [6.07, 6.45) is 2.85. The van der Waals surface area contributed by atoms with Gasteiger partial charge in [0.2, 0.25) is 0 Å². The second-order valence-electron chi connectivity index (χ2n) is 12.0. The molecule has 4 aromatic rings. The number of nitrogens with zero attached hydrogens (tertiary/aromatic N) is 1. The van der Waals surface area contributed by atoms with Gasteiger partial charge in [0.1, 0.15) is 0 Å². The lowest BCUT2D eigenvalue weighted by Gasteiger charge is -2.27. The van der Waals surface area contributed by atoms with Crippen molar-refractivity contribution < 1.29 is 4.79 Å². The summed E-state index contributed by atoms with van der Waals surface area (Å²) in [5, 5.41) is 4.56. The molecule has 1 heterocycles. The lowest BCUT2D eigenvalue weighted by molar-refractivity contribution is 0.210. The van der Waals surface area contributed by atoms with Gasteiger partial charge in [-0.1, -0.05) is 109 Å². The monoisotopic (exact) mass is 509 g/mol. The molecule has 0 spiro atoms. The van der Waals surface area contributed by atoms with Gasteiger partial charge in [0.05, 0.1) is 0 Å². The molecule has 0 saturated heterocycles. The number of H-pyrrole nitrogens is 1. The molecule has 0 bridgehead atoms. The summed E-state index contributed by atoms with van der Waals surface area (Å²) >= 11 is 0. The summed E-state index contributed by atoms with van der Waals surface area (Å²) < 4.78 is 0. The fourth-order valence-electron chi connectivity index (χ4n) is 5.06. The molecule has 1 aromatic heterocycles. The molecular formula is C34H43N3O. The minimum Gasteiger partial charge on any atom is -0.361 e. The van der Waals surface area contributed by atoms with E-state index in [9.17, 15) is 4.79 Å². The van der Waals surface area contributed by atoms with Crippen LogP contribution in [0.15, 0.2) is 72.9 Å². The van der Waals surface area contributed by atoms with E-state index in [0.717, 1.165) is 23.2 Å². The van der Waals surface area contributed by atoms with Crippen molar-refractivity contribution in [1.82, 2.24) is 9.88 Å². The molecule has 38 heavy (non-hydrogen) atoms. The number of fused-ring (bicyclic) bond motifs is 1. The quantitative estimate of drug-likeness (QED) is 0.245. The first-order valence-corrected chi connectivity index (χ1v) is 13.9. The van der Waals surface area contributed by atoms with Gasteiger partial charge in [0.15, 0.2) is 0 Å². The van der Waals surface area contributed by atoms with Crippen LogP contribution in [-0.2, 0) is 18.4 Å². The largest absolute Gasteiger partial charge is 0.361 e. The van der Waals surface area contributed by atoms with Crippen LogP contribution >= 0.6 is 0 Å². The van der Waals surface area contributed by atoms with Crippen molar-refractivity contribution in [2.75, 3.05) is 11.9 Å². The molecule has 0 aliphatic rings. The Morgan fingerprint density at radius 3 is 2.11 bits per heavy atom. The van der Waals surface area contributed by atoms with E-state index >= 15 is 0 Å². The number of anilines is 1. The SMILES string of the molecule is CC(C)c1cccc(C(C)C)c1NC(=O)N(CCc1c[nH]c2ccccc12)Cc1ccc(C(C)(C)C)cc1. The first kappa shape index (κ1) is 27.5. The molecule has 4 nitrogen and oxygen atoms in total. The zero-order chi connectivity index (χ0) is 27.4. The van der Waals surface area contributed by atoms with Gasteiger partial charge in [-0.15, -0.1) is 0 Å². The number of amides is 2. The van der Waals surface area contributed by atoms with Crippen LogP contribution in [0, 0.1) is 0 Å². The third kappa shape index (κ3) is 6.30. The van der Waals surface area contributed by atoms with Gasteiger partial charge in [-0.05, 0) is 57.6 Å².